The number of benzene rings is 1. The summed E-state index contributed by atoms with van der Waals surface area (Å²) in [6, 6.07) is 9.86. The van der Waals surface area contributed by atoms with Crippen molar-refractivity contribution < 1.29 is 56.3 Å². The van der Waals surface area contributed by atoms with E-state index in [1.165, 1.54) is 49.8 Å². The minimum atomic E-state index is -0.784. The number of hydroxylamine groups is 1. The molecule has 0 saturated carbocycles. The maximum absolute atomic E-state index is 11.8. The second kappa shape index (κ2) is 19.4. The molecule has 40 heavy (non-hydrogen) atoms. The van der Waals surface area contributed by atoms with Crippen molar-refractivity contribution in [3.8, 4) is 18.1 Å². The Balaban J connectivity index is 0.000000394. The summed E-state index contributed by atoms with van der Waals surface area (Å²) in [5.41, 5.74) is 4.86. The van der Waals surface area contributed by atoms with Crippen LogP contribution in [-0.2, 0) is 50.4 Å². The second-order valence-electron chi connectivity index (χ2n) is 9.40. The van der Waals surface area contributed by atoms with E-state index in [4.69, 9.17) is 15.3 Å². The first-order valence-corrected chi connectivity index (χ1v) is 13.6. The number of furan rings is 1. The molecule has 1 N–H and O–H groups in total. The molecule has 0 fully saturated rings. The Labute approximate surface area is 262 Å². The van der Waals surface area contributed by atoms with Crippen molar-refractivity contribution in [2.75, 3.05) is 7.11 Å². The zero-order chi connectivity index (χ0) is 28.6. The Morgan fingerprint density at radius 3 is 2.60 bits per heavy atom. The zero-order valence-electron chi connectivity index (χ0n) is 24.1. The van der Waals surface area contributed by atoms with E-state index in [2.05, 4.69) is 47.4 Å². The van der Waals surface area contributed by atoms with E-state index in [1.54, 1.807) is 13.1 Å². The van der Waals surface area contributed by atoms with Crippen LogP contribution in [0.2, 0.25) is 0 Å². The van der Waals surface area contributed by atoms with Crippen molar-refractivity contribution in [2.24, 2.45) is 0 Å². The van der Waals surface area contributed by atoms with Crippen molar-refractivity contribution in [3.63, 3.8) is 0 Å². The smallest absolute Gasteiger partial charge is 0.350 e. The summed E-state index contributed by atoms with van der Waals surface area (Å²) in [4.78, 5) is 27.9. The molecule has 3 rings (SSSR count). The van der Waals surface area contributed by atoms with Crippen molar-refractivity contribution in [2.45, 2.75) is 84.5 Å². The fraction of sp³-hybridized carbons (Fsp3) is 0.438. The number of allylic oxidation sites excluding steroid dienone is 1. The Hall–Kier alpha value is -2.66. The molecule has 0 aliphatic rings. The number of ketones is 1. The molecule has 0 aliphatic heterocycles. The van der Waals surface area contributed by atoms with Crippen LogP contribution in [0.5, 0.6) is 5.75 Å². The molecular formula is C32H40NO6Y-. The molecule has 0 aliphatic carbocycles. The third-order valence-corrected chi connectivity index (χ3v) is 6.30. The van der Waals surface area contributed by atoms with Gasteiger partial charge in [0.05, 0.1) is 6.42 Å². The third kappa shape index (κ3) is 11.4. The number of terminal acetylenes is 1. The summed E-state index contributed by atoms with van der Waals surface area (Å²) < 4.78 is 10.8. The molecule has 0 bridgehead atoms. The van der Waals surface area contributed by atoms with E-state index in [1.807, 2.05) is 13.0 Å². The van der Waals surface area contributed by atoms with Crippen molar-refractivity contribution >= 4 is 16.8 Å². The van der Waals surface area contributed by atoms with Crippen LogP contribution in [0.1, 0.15) is 99.1 Å². The van der Waals surface area contributed by atoms with Crippen LogP contribution in [-0.4, -0.2) is 18.0 Å². The number of hydrogen-bond acceptors (Lipinski definition) is 6. The third-order valence-electron chi connectivity index (χ3n) is 6.30. The first-order valence-electron chi connectivity index (χ1n) is 13.6. The average Bonchev–Trinajstić information content (AvgIpc) is 3.32. The number of aryl methyl sites for hydroxylation is 1. The molecule has 1 unspecified atom stereocenters. The van der Waals surface area contributed by atoms with Gasteiger partial charge in [-0.05, 0) is 49.4 Å². The van der Waals surface area contributed by atoms with Crippen LogP contribution in [0.15, 0.2) is 56.2 Å². The predicted octanol–water partition coefficient (Wildman–Crippen LogP) is 8.00. The van der Waals surface area contributed by atoms with Gasteiger partial charge in [0.2, 0.25) is 0 Å². The average molecular weight is 624 g/mol. The monoisotopic (exact) mass is 623 g/mol. The molecule has 0 amide bonds. The number of hydrogen-bond donors (Lipinski definition) is 1. The van der Waals surface area contributed by atoms with Crippen LogP contribution in [0, 0.1) is 12.3 Å². The molecule has 1 radical (unpaired) electrons. The predicted molar refractivity (Wildman–Crippen MR) is 155 cm³/mol. The minimum absolute atomic E-state index is 0. The standard InChI is InChI=1S/C17H20O.C15H20NO5.Y/c1-3-5-6-7-9-14-10-11-17-15(12-14)13-16(18-17)8-4-2;1-4-11(17)14-12(18)9-13(21-15(14)19)10(2)7-5-6-8-16-20-3;/h2,10-13H,3,5-9H2,1H3;6,8-10H,4-5,7H2,1-3H3,(H,17,18,19);/q;-1;/b;8-6-;. The summed E-state index contributed by atoms with van der Waals surface area (Å²) in [6.45, 7) is 5.74. The zero-order valence-corrected chi connectivity index (χ0v) is 26.9. The maximum Gasteiger partial charge on any atom is 0.350 e. The first-order chi connectivity index (χ1) is 18.8. The number of nitrogens with zero attached hydrogens (tertiary/aromatic N) is 1. The van der Waals surface area contributed by atoms with Gasteiger partial charge in [-0.3, -0.25) is 4.79 Å². The van der Waals surface area contributed by atoms with E-state index in [9.17, 15) is 14.7 Å². The molecule has 2 heterocycles. The fourth-order valence-electron chi connectivity index (χ4n) is 4.09. The number of carbonyl (C=O) groups excluding carboxylic acids is 1. The van der Waals surface area contributed by atoms with Gasteiger partial charge in [0.15, 0.2) is 5.78 Å². The van der Waals surface area contributed by atoms with Crippen LogP contribution >= 0.6 is 0 Å². The topological polar surface area (TPSA) is 104 Å². The summed E-state index contributed by atoms with van der Waals surface area (Å²) in [5, 5.41) is 11.0. The SMILES string of the molecule is C#CCc1cc2cc(CCCCCC)ccc2o1.CCC(=O)c1c(O)cc(C(C)CC/C=C\[N-]OC)oc1=O.[Y]. The van der Waals surface area contributed by atoms with Crippen molar-refractivity contribution in [1.29, 1.82) is 0 Å². The van der Waals surface area contributed by atoms with Gasteiger partial charge in [0.1, 0.15) is 28.4 Å². The van der Waals surface area contributed by atoms with Crippen molar-refractivity contribution in [1.82, 2.24) is 0 Å². The molecule has 1 atom stereocenters. The molecule has 0 saturated heterocycles. The maximum atomic E-state index is 11.8. The van der Waals surface area contributed by atoms with Gasteiger partial charge in [-0.2, -0.15) is 6.20 Å². The van der Waals surface area contributed by atoms with Crippen LogP contribution in [0.25, 0.3) is 16.4 Å². The summed E-state index contributed by atoms with van der Waals surface area (Å²) in [5.74, 6) is 3.05. The number of aromatic hydroxyl groups is 1. The van der Waals surface area contributed by atoms with Gasteiger partial charge in [-0.15, -0.1) is 12.5 Å². The minimum Gasteiger partial charge on any atom is -0.569 e. The van der Waals surface area contributed by atoms with Crippen LogP contribution in [0.3, 0.4) is 0 Å². The molecule has 1 aromatic carbocycles. The van der Waals surface area contributed by atoms with Gasteiger partial charge in [0, 0.05) is 63.6 Å². The van der Waals surface area contributed by atoms with Gasteiger partial charge in [-0.25, -0.2) is 4.79 Å². The summed E-state index contributed by atoms with van der Waals surface area (Å²) in [6.07, 6.45) is 17.2. The molecule has 2 aromatic heterocycles. The Bertz CT molecular complexity index is 1320. The number of rotatable bonds is 14. The van der Waals surface area contributed by atoms with E-state index in [0.717, 1.165) is 17.8 Å². The van der Waals surface area contributed by atoms with Gasteiger partial charge >= 0.3 is 5.63 Å². The molecule has 0 spiro atoms. The van der Waals surface area contributed by atoms with E-state index in [-0.39, 0.29) is 56.4 Å². The van der Waals surface area contributed by atoms with E-state index in [0.29, 0.717) is 25.0 Å². The second-order valence-corrected chi connectivity index (χ2v) is 9.40. The molecule has 3 aromatic rings. The first kappa shape index (κ1) is 35.4. The van der Waals surface area contributed by atoms with Gasteiger partial charge < -0.3 is 24.3 Å². The molecule has 213 valence electrons. The summed E-state index contributed by atoms with van der Waals surface area (Å²) in [7, 11) is 1.46. The fourth-order valence-corrected chi connectivity index (χ4v) is 4.09. The Morgan fingerprint density at radius 1 is 1.18 bits per heavy atom. The normalized spacial score (nSPS) is 11.4. The number of Topliss-reactive ketones (excluding diaryl/α,β-unsaturated/α-hetero) is 1. The Morgan fingerprint density at radius 2 is 1.95 bits per heavy atom. The quantitative estimate of drug-likeness (QED) is 0.0845. The number of carbonyl (C=O) groups is 1. The molecule has 7 nitrogen and oxygen atoms in total. The number of unbranched alkanes of at least 4 members (excludes halogenated alkanes) is 3. The van der Waals surface area contributed by atoms with Gasteiger partial charge in [-0.1, -0.05) is 52.0 Å². The van der Waals surface area contributed by atoms with Gasteiger partial charge in [0.25, 0.3) is 0 Å². The molecule has 8 heteroatoms. The van der Waals surface area contributed by atoms with E-state index >= 15 is 0 Å². The summed E-state index contributed by atoms with van der Waals surface area (Å²) >= 11 is 0. The van der Waals surface area contributed by atoms with E-state index < -0.39 is 11.4 Å². The Kier molecular flexibility index (Phi) is 17.2. The largest absolute Gasteiger partial charge is 0.569 e. The van der Waals surface area contributed by atoms with Crippen LogP contribution in [0.4, 0.5) is 0 Å². The number of fused-ring (bicyclic) bond motifs is 1. The molecular weight excluding hydrogens is 583 g/mol. The van der Waals surface area contributed by atoms with Crippen molar-refractivity contribution in [3.05, 3.63) is 81.2 Å². The van der Waals surface area contributed by atoms with Crippen LogP contribution < -0.4 is 5.63 Å².